The van der Waals surface area contributed by atoms with E-state index < -0.39 is 6.09 Å². The van der Waals surface area contributed by atoms with Gasteiger partial charge in [-0.1, -0.05) is 6.42 Å². The number of hydrogen-bond donors (Lipinski definition) is 2. The van der Waals surface area contributed by atoms with Gasteiger partial charge < -0.3 is 15.8 Å². The van der Waals surface area contributed by atoms with Gasteiger partial charge in [-0.2, -0.15) is 0 Å². The molecular weight excluding hydrogens is 156 g/mol. The van der Waals surface area contributed by atoms with Gasteiger partial charge in [0.2, 0.25) is 0 Å². The van der Waals surface area contributed by atoms with Crippen molar-refractivity contribution in [2.75, 3.05) is 7.05 Å². The molecule has 12 heavy (non-hydrogen) atoms. The fraction of sp³-hybridized carbons (Fsp3) is 0.875. The lowest BCUT2D eigenvalue weighted by Gasteiger charge is -2.30. The third-order valence-electron chi connectivity index (χ3n) is 2.34. The largest absolute Gasteiger partial charge is 0.445 e. The number of amides is 1. The van der Waals surface area contributed by atoms with Gasteiger partial charge in [-0.15, -0.1) is 0 Å². The van der Waals surface area contributed by atoms with Crippen LogP contribution in [0.25, 0.3) is 0 Å². The molecule has 1 aliphatic rings. The van der Waals surface area contributed by atoms with Gasteiger partial charge >= 0.3 is 6.09 Å². The van der Waals surface area contributed by atoms with E-state index >= 15 is 0 Å². The summed E-state index contributed by atoms with van der Waals surface area (Å²) in [6, 6.07) is 0.284. The van der Waals surface area contributed by atoms with Crippen LogP contribution in [0.1, 0.15) is 25.7 Å². The maximum atomic E-state index is 10.5. The molecule has 70 valence electrons. The van der Waals surface area contributed by atoms with Gasteiger partial charge in [-0.25, -0.2) is 4.79 Å². The van der Waals surface area contributed by atoms with E-state index in [1.165, 1.54) is 6.42 Å². The maximum Gasteiger partial charge on any atom is 0.404 e. The molecule has 0 aromatic heterocycles. The molecule has 3 N–H and O–H groups in total. The number of rotatable bonds is 2. The molecule has 0 saturated heterocycles. The molecule has 1 amide bonds. The van der Waals surface area contributed by atoms with Gasteiger partial charge in [-0.3, -0.25) is 0 Å². The van der Waals surface area contributed by atoms with Crippen LogP contribution in [-0.2, 0) is 4.74 Å². The molecule has 0 aromatic carbocycles. The van der Waals surface area contributed by atoms with E-state index in [0.29, 0.717) is 0 Å². The average molecular weight is 172 g/mol. The van der Waals surface area contributed by atoms with Crippen molar-refractivity contribution in [3.8, 4) is 0 Å². The number of primary amides is 1. The minimum absolute atomic E-state index is 0.0266. The monoisotopic (exact) mass is 172 g/mol. The SMILES string of the molecule is CN[C@H]1CCCC[C@@H]1OC(N)=O. The number of likely N-dealkylation sites (N-methyl/N-ethyl adjacent to an activating group) is 1. The van der Waals surface area contributed by atoms with Crippen molar-refractivity contribution in [2.45, 2.75) is 37.8 Å². The Kier molecular flexibility index (Phi) is 3.34. The van der Waals surface area contributed by atoms with Gasteiger partial charge in [-0.05, 0) is 26.3 Å². The number of nitrogens with two attached hydrogens (primary N) is 1. The van der Waals surface area contributed by atoms with Gasteiger partial charge in [0.25, 0.3) is 0 Å². The Hall–Kier alpha value is -0.770. The molecule has 4 nitrogen and oxygen atoms in total. The molecule has 2 atom stereocenters. The standard InChI is InChI=1S/C8H16N2O2/c1-10-6-4-2-3-5-7(6)12-8(9)11/h6-7,10H,2-5H2,1H3,(H2,9,11)/t6-,7-/m0/s1. The Bertz CT molecular complexity index is 161. The summed E-state index contributed by atoms with van der Waals surface area (Å²) in [7, 11) is 1.88. The predicted octanol–water partition coefficient (Wildman–Crippen LogP) is 0.612. The van der Waals surface area contributed by atoms with Crippen molar-refractivity contribution in [3.63, 3.8) is 0 Å². The highest BCUT2D eigenvalue weighted by atomic mass is 16.6. The Labute approximate surface area is 72.5 Å². The lowest BCUT2D eigenvalue weighted by molar-refractivity contribution is 0.0609. The molecule has 1 aliphatic carbocycles. The van der Waals surface area contributed by atoms with E-state index in [2.05, 4.69) is 5.32 Å². The maximum absolute atomic E-state index is 10.5. The highest BCUT2D eigenvalue weighted by Gasteiger charge is 2.25. The fourth-order valence-corrected chi connectivity index (χ4v) is 1.72. The Morgan fingerprint density at radius 1 is 1.50 bits per heavy atom. The summed E-state index contributed by atoms with van der Waals surface area (Å²) in [5.41, 5.74) is 4.95. The molecule has 0 aliphatic heterocycles. The van der Waals surface area contributed by atoms with E-state index in [9.17, 15) is 4.79 Å². The van der Waals surface area contributed by atoms with Crippen molar-refractivity contribution in [2.24, 2.45) is 5.73 Å². The molecule has 0 aromatic rings. The Balaban J connectivity index is 2.41. The van der Waals surface area contributed by atoms with Gasteiger partial charge in [0.15, 0.2) is 0 Å². The lowest BCUT2D eigenvalue weighted by atomic mass is 9.92. The molecule has 0 bridgehead atoms. The molecule has 1 fully saturated rings. The van der Waals surface area contributed by atoms with Crippen LogP contribution in [0.2, 0.25) is 0 Å². The number of nitrogens with one attached hydrogen (secondary N) is 1. The molecule has 0 spiro atoms. The van der Waals surface area contributed by atoms with Crippen LogP contribution in [-0.4, -0.2) is 25.3 Å². The van der Waals surface area contributed by atoms with Crippen LogP contribution in [0, 0.1) is 0 Å². The first-order chi connectivity index (χ1) is 5.74. The Morgan fingerprint density at radius 3 is 2.75 bits per heavy atom. The highest BCUT2D eigenvalue weighted by molar-refractivity contribution is 5.64. The number of carbonyl (C=O) groups excluding carboxylic acids is 1. The first-order valence-corrected chi connectivity index (χ1v) is 4.37. The molecule has 1 rings (SSSR count). The molecular formula is C8H16N2O2. The van der Waals surface area contributed by atoms with Gasteiger partial charge in [0, 0.05) is 6.04 Å². The second kappa shape index (κ2) is 4.30. The summed E-state index contributed by atoms with van der Waals surface area (Å²) in [5.74, 6) is 0. The van der Waals surface area contributed by atoms with Crippen LogP contribution < -0.4 is 11.1 Å². The van der Waals surface area contributed by atoms with Gasteiger partial charge in [0.1, 0.15) is 6.10 Å². The second-order valence-electron chi connectivity index (χ2n) is 3.15. The molecule has 0 radical (unpaired) electrons. The zero-order valence-electron chi connectivity index (χ0n) is 7.38. The topological polar surface area (TPSA) is 64.3 Å². The average Bonchev–Trinajstić information content (AvgIpc) is 2.04. The van der Waals surface area contributed by atoms with E-state index in [-0.39, 0.29) is 12.1 Å². The Morgan fingerprint density at radius 2 is 2.17 bits per heavy atom. The zero-order chi connectivity index (χ0) is 8.97. The van der Waals surface area contributed by atoms with Crippen molar-refractivity contribution >= 4 is 6.09 Å². The van der Waals surface area contributed by atoms with Crippen LogP contribution in [0.3, 0.4) is 0 Å². The number of ether oxygens (including phenoxy) is 1. The van der Waals surface area contributed by atoms with Crippen molar-refractivity contribution in [1.82, 2.24) is 5.32 Å². The zero-order valence-corrected chi connectivity index (χ0v) is 7.38. The third kappa shape index (κ3) is 2.37. The first-order valence-electron chi connectivity index (χ1n) is 4.37. The molecule has 0 heterocycles. The smallest absolute Gasteiger partial charge is 0.404 e. The van der Waals surface area contributed by atoms with Crippen LogP contribution in [0.4, 0.5) is 4.79 Å². The first kappa shape index (κ1) is 9.32. The number of carbonyl (C=O) groups is 1. The highest BCUT2D eigenvalue weighted by Crippen LogP contribution is 2.20. The summed E-state index contributed by atoms with van der Waals surface area (Å²) >= 11 is 0. The molecule has 0 unspecified atom stereocenters. The summed E-state index contributed by atoms with van der Waals surface area (Å²) in [6.07, 6.45) is 3.62. The van der Waals surface area contributed by atoms with Crippen molar-refractivity contribution < 1.29 is 9.53 Å². The minimum Gasteiger partial charge on any atom is -0.445 e. The van der Waals surface area contributed by atoms with E-state index in [1.807, 2.05) is 7.05 Å². The minimum atomic E-state index is -0.665. The molecule has 1 saturated carbocycles. The molecule has 4 heteroatoms. The summed E-state index contributed by atoms with van der Waals surface area (Å²) in [5, 5.41) is 3.13. The number of hydrogen-bond acceptors (Lipinski definition) is 3. The lowest BCUT2D eigenvalue weighted by Crippen LogP contribution is -2.43. The van der Waals surface area contributed by atoms with E-state index in [1.54, 1.807) is 0 Å². The van der Waals surface area contributed by atoms with Crippen molar-refractivity contribution in [1.29, 1.82) is 0 Å². The summed E-state index contributed by atoms with van der Waals surface area (Å²) in [6.45, 7) is 0. The van der Waals surface area contributed by atoms with E-state index in [0.717, 1.165) is 19.3 Å². The van der Waals surface area contributed by atoms with Crippen LogP contribution in [0.5, 0.6) is 0 Å². The fourth-order valence-electron chi connectivity index (χ4n) is 1.72. The predicted molar refractivity (Wildman–Crippen MR) is 45.8 cm³/mol. The normalized spacial score (nSPS) is 29.8. The third-order valence-corrected chi connectivity index (χ3v) is 2.34. The summed E-state index contributed by atoms with van der Waals surface area (Å²) < 4.78 is 4.97. The quantitative estimate of drug-likeness (QED) is 0.641. The van der Waals surface area contributed by atoms with Crippen molar-refractivity contribution in [3.05, 3.63) is 0 Å². The van der Waals surface area contributed by atoms with E-state index in [4.69, 9.17) is 10.5 Å². The van der Waals surface area contributed by atoms with Gasteiger partial charge in [0.05, 0.1) is 0 Å². The summed E-state index contributed by atoms with van der Waals surface area (Å²) in [4.78, 5) is 10.5. The van der Waals surface area contributed by atoms with Crippen LogP contribution in [0.15, 0.2) is 0 Å². The second-order valence-corrected chi connectivity index (χ2v) is 3.15. The van der Waals surface area contributed by atoms with Crippen LogP contribution >= 0.6 is 0 Å².